The first-order valence-corrected chi connectivity index (χ1v) is 5.42. The zero-order chi connectivity index (χ0) is 13.5. The summed E-state index contributed by atoms with van der Waals surface area (Å²) >= 11 is 0. The second kappa shape index (κ2) is 6.70. The van der Waals surface area contributed by atoms with E-state index in [0.29, 0.717) is 13.2 Å². The smallest absolute Gasteiger partial charge is 0.325 e. The van der Waals surface area contributed by atoms with Crippen LogP contribution in [0.5, 0.6) is 0 Å². The van der Waals surface area contributed by atoms with Crippen molar-refractivity contribution in [3.8, 4) is 0 Å². The van der Waals surface area contributed by atoms with Crippen LogP contribution in [0, 0.1) is 5.92 Å². The first-order chi connectivity index (χ1) is 8.52. The van der Waals surface area contributed by atoms with E-state index in [2.05, 4.69) is 15.6 Å². The van der Waals surface area contributed by atoms with Crippen LogP contribution in [0.1, 0.15) is 17.4 Å². The summed E-state index contributed by atoms with van der Waals surface area (Å²) < 4.78 is 6.03. The number of rotatable bonds is 7. The summed E-state index contributed by atoms with van der Waals surface area (Å²) in [4.78, 5) is 22.1. The number of carboxylic acid groups (broad SMARTS) is 1. The van der Waals surface area contributed by atoms with Crippen molar-refractivity contribution in [2.75, 3.05) is 20.3 Å². The molecule has 0 saturated carbocycles. The quantitative estimate of drug-likeness (QED) is 0.673. The molecule has 0 fully saturated rings. The van der Waals surface area contributed by atoms with E-state index < -0.39 is 5.97 Å². The van der Waals surface area contributed by atoms with Gasteiger partial charge in [-0.05, 0) is 5.92 Å². The number of carbonyl (C=O) groups excluding carboxylic acids is 1. The average molecular weight is 256 g/mol. The Labute approximate surface area is 104 Å². The van der Waals surface area contributed by atoms with Crippen LogP contribution in [0.2, 0.25) is 0 Å². The third kappa shape index (κ3) is 4.50. The van der Waals surface area contributed by atoms with E-state index in [9.17, 15) is 9.59 Å². The van der Waals surface area contributed by atoms with E-state index in [4.69, 9.17) is 9.84 Å². The summed E-state index contributed by atoms with van der Waals surface area (Å²) in [6, 6.07) is 0. The normalized spacial score (nSPS) is 12.1. The molecule has 1 aromatic heterocycles. The van der Waals surface area contributed by atoms with E-state index in [1.54, 1.807) is 7.11 Å². The van der Waals surface area contributed by atoms with Gasteiger partial charge in [-0.2, -0.15) is 0 Å². The highest BCUT2D eigenvalue weighted by Crippen LogP contribution is 1.96. The van der Waals surface area contributed by atoms with Gasteiger partial charge in [-0.25, -0.2) is 4.68 Å². The van der Waals surface area contributed by atoms with Gasteiger partial charge in [0.2, 0.25) is 0 Å². The van der Waals surface area contributed by atoms with Gasteiger partial charge in [0.05, 0.1) is 12.8 Å². The van der Waals surface area contributed by atoms with Crippen LogP contribution in [0.15, 0.2) is 6.20 Å². The molecule has 0 spiro atoms. The molecule has 0 radical (unpaired) electrons. The van der Waals surface area contributed by atoms with Gasteiger partial charge in [-0.3, -0.25) is 9.59 Å². The molecule has 0 saturated heterocycles. The Morgan fingerprint density at radius 1 is 1.61 bits per heavy atom. The highest BCUT2D eigenvalue weighted by molar-refractivity contribution is 5.91. The number of hydrogen-bond donors (Lipinski definition) is 2. The van der Waals surface area contributed by atoms with Crippen molar-refractivity contribution < 1.29 is 19.4 Å². The predicted molar refractivity (Wildman–Crippen MR) is 61.0 cm³/mol. The number of aliphatic carboxylic acids is 1. The van der Waals surface area contributed by atoms with Gasteiger partial charge in [-0.1, -0.05) is 12.1 Å². The molecule has 1 aromatic rings. The number of carboxylic acids is 1. The van der Waals surface area contributed by atoms with Gasteiger partial charge in [0.15, 0.2) is 5.69 Å². The zero-order valence-electron chi connectivity index (χ0n) is 10.3. The summed E-state index contributed by atoms with van der Waals surface area (Å²) in [6.45, 7) is 2.62. The lowest BCUT2D eigenvalue weighted by molar-refractivity contribution is -0.137. The fourth-order valence-corrected chi connectivity index (χ4v) is 1.32. The van der Waals surface area contributed by atoms with Crippen LogP contribution < -0.4 is 5.32 Å². The number of carbonyl (C=O) groups is 2. The molecule has 18 heavy (non-hydrogen) atoms. The number of aromatic nitrogens is 3. The fraction of sp³-hybridized carbons (Fsp3) is 0.600. The minimum atomic E-state index is -1.04. The Morgan fingerprint density at radius 3 is 2.94 bits per heavy atom. The molecule has 0 bridgehead atoms. The predicted octanol–water partition coefficient (Wildman–Crippen LogP) is -0.625. The summed E-state index contributed by atoms with van der Waals surface area (Å²) in [5.41, 5.74) is 0.0980. The van der Waals surface area contributed by atoms with Crippen molar-refractivity contribution in [1.29, 1.82) is 0 Å². The number of hydrogen-bond acceptors (Lipinski definition) is 5. The van der Waals surface area contributed by atoms with E-state index in [0.717, 1.165) is 4.68 Å². The van der Waals surface area contributed by atoms with Crippen LogP contribution in [0.4, 0.5) is 0 Å². The lowest BCUT2D eigenvalue weighted by Gasteiger charge is -2.10. The first-order valence-electron chi connectivity index (χ1n) is 5.42. The molecule has 1 rings (SSSR count). The van der Waals surface area contributed by atoms with Gasteiger partial charge in [0, 0.05) is 13.7 Å². The number of methoxy groups -OCH3 is 1. The van der Waals surface area contributed by atoms with E-state index in [1.807, 2.05) is 6.92 Å². The molecule has 1 heterocycles. The highest BCUT2D eigenvalue weighted by Gasteiger charge is 2.12. The Morgan fingerprint density at radius 2 is 2.33 bits per heavy atom. The molecule has 8 heteroatoms. The van der Waals surface area contributed by atoms with Gasteiger partial charge < -0.3 is 15.2 Å². The van der Waals surface area contributed by atoms with Crippen LogP contribution in [0.25, 0.3) is 0 Å². The summed E-state index contributed by atoms with van der Waals surface area (Å²) in [7, 11) is 1.59. The number of nitrogens with one attached hydrogen (secondary N) is 1. The molecule has 1 unspecified atom stereocenters. The Balaban J connectivity index is 2.46. The molecular weight excluding hydrogens is 240 g/mol. The first kappa shape index (κ1) is 14.1. The lowest BCUT2D eigenvalue weighted by atomic mass is 10.2. The standard InChI is InChI=1S/C10H16N4O4/c1-7(6-18-2)3-11-10(17)8-4-14(13-12-8)5-9(15)16/h4,7H,3,5-6H2,1-2H3,(H,11,17)(H,15,16). The van der Waals surface area contributed by atoms with Crippen LogP contribution >= 0.6 is 0 Å². The maximum atomic E-state index is 11.6. The number of nitrogens with zero attached hydrogens (tertiary/aromatic N) is 3. The third-order valence-corrected chi connectivity index (χ3v) is 2.13. The molecule has 100 valence electrons. The SMILES string of the molecule is COCC(C)CNC(=O)c1cn(CC(=O)O)nn1. The molecule has 0 aliphatic rings. The summed E-state index contributed by atoms with van der Waals surface area (Å²) in [5, 5.41) is 18.4. The van der Waals surface area contributed by atoms with Crippen molar-refractivity contribution in [2.45, 2.75) is 13.5 Å². The highest BCUT2D eigenvalue weighted by atomic mass is 16.5. The minimum absolute atomic E-state index is 0.0980. The second-order valence-corrected chi connectivity index (χ2v) is 3.97. The Hall–Kier alpha value is -1.96. The molecule has 8 nitrogen and oxygen atoms in total. The van der Waals surface area contributed by atoms with Crippen LogP contribution in [0.3, 0.4) is 0 Å². The molecule has 1 atom stereocenters. The zero-order valence-corrected chi connectivity index (χ0v) is 10.3. The molecule has 0 aliphatic carbocycles. The molecule has 2 N–H and O–H groups in total. The molecule has 0 aliphatic heterocycles. The Bertz CT molecular complexity index is 418. The van der Waals surface area contributed by atoms with Gasteiger partial charge in [-0.15, -0.1) is 5.10 Å². The van der Waals surface area contributed by atoms with Crippen molar-refractivity contribution in [1.82, 2.24) is 20.3 Å². The average Bonchev–Trinajstić information content (AvgIpc) is 2.74. The van der Waals surface area contributed by atoms with Crippen molar-refractivity contribution in [2.24, 2.45) is 5.92 Å². The number of ether oxygens (including phenoxy) is 1. The van der Waals surface area contributed by atoms with E-state index in [1.165, 1.54) is 6.20 Å². The van der Waals surface area contributed by atoms with Crippen LogP contribution in [-0.2, 0) is 16.1 Å². The van der Waals surface area contributed by atoms with Gasteiger partial charge >= 0.3 is 5.97 Å². The van der Waals surface area contributed by atoms with E-state index >= 15 is 0 Å². The van der Waals surface area contributed by atoms with Crippen molar-refractivity contribution >= 4 is 11.9 Å². The summed E-state index contributed by atoms with van der Waals surface area (Å²) in [6.07, 6.45) is 1.30. The molecule has 0 aromatic carbocycles. The van der Waals surface area contributed by atoms with E-state index in [-0.39, 0.29) is 24.1 Å². The second-order valence-electron chi connectivity index (χ2n) is 3.97. The summed E-state index contributed by atoms with van der Waals surface area (Å²) in [5.74, 6) is -1.23. The minimum Gasteiger partial charge on any atom is -0.480 e. The van der Waals surface area contributed by atoms with Crippen molar-refractivity contribution in [3.63, 3.8) is 0 Å². The monoisotopic (exact) mass is 256 g/mol. The third-order valence-electron chi connectivity index (χ3n) is 2.13. The lowest BCUT2D eigenvalue weighted by Crippen LogP contribution is -2.30. The maximum Gasteiger partial charge on any atom is 0.325 e. The Kier molecular flexibility index (Phi) is 5.25. The van der Waals surface area contributed by atoms with Crippen molar-refractivity contribution in [3.05, 3.63) is 11.9 Å². The van der Waals surface area contributed by atoms with Gasteiger partial charge in [0.1, 0.15) is 6.54 Å². The fourth-order valence-electron chi connectivity index (χ4n) is 1.32. The van der Waals surface area contributed by atoms with Crippen LogP contribution in [-0.4, -0.2) is 52.2 Å². The number of amides is 1. The molecular formula is C10H16N4O4. The molecule has 1 amide bonds. The largest absolute Gasteiger partial charge is 0.480 e. The topological polar surface area (TPSA) is 106 Å². The van der Waals surface area contributed by atoms with Gasteiger partial charge in [0.25, 0.3) is 5.91 Å². The maximum absolute atomic E-state index is 11.6.